The van der Waals surface area contributed by atoms with Crippen molar-refractivity contribution in [2.45, 2.75) is 6.92 Å². The van der Waals surface area contributed by atoms with Crippen LogP contribution in [0.25, 0.3) is 28.0 Å². The van der Waals surface area contributed by atoms with Crippen LogP contribution in [0.5, 0.6) is 0 Å². The molecule has 2 heterocycles. The van der Waals surface area contributed by atoms with Crippen LogP contribution in [0.4, 0.5) is 0 Å². The summed E-state index contributed by atoms with van der Waals surface area (Å²) in [6.45, 7) is 1.97. The van der Waals surface area contributed by atoms with Crippen LogP contribution >= 0.6 is 12.2 Å². The molecule has 0 fully saturated rings. The number of aromatic nitrogens is 4. The Balaban J connectivity index is 2.03. The van der Waals surface area contributed by atoms with Gasteiger partial charge in [-0.25, -0.2) is 0 Å². The fourth-order valence-electron chi connectivity index (χ4n) is 2.86. The molecular weight excluding hydrogens is 320 g/mol. The van der Waals surface area contributed by atoms with Gasteiger partial charge in [-0.05, 0) is 42.9 Å². The lowest BCUT2D eigenvalue weighted by Gasteiger charge is -2.08. The van der Waals surface area contributed by atoms with Gasteiger partial charge in [-0.3, -0.25) is 14.5 Å². The minimum Gasteiger partial charge on any atom is -0.360 e. The summed E-state index contributed by atoms with van der Waals surface area (Å²) in [6.07, 6.45) is 1.70. The first-order chi connectivity index (χ1) is 11.7. The van der Waals surface area contributed by atoms with E-state index in [9.17, 15) is 4.79 Å². The largest absolute Gasteiger partial charge is 0.360 e. The van der Waals surface area contributed by atoms with Crippen molar-refractivity contribution in [1.82, 2.24) is 19.7 Å². The van der Waals surface area contributed by atoms with E-state index in [0.717, 1.165) is 16.8 Å². The van der Waals surface area contributed by atoms with Crippen LogP contribution in [0.2, 0.25) is 0 Å². The van der Waals surface area contributed by atoms with E-state index in [2.05, 4.69) is 15.2 Å². The molecule has 2 N–H and O–H groups in total. The summed E-state index contributed by atoms with van der Waals surface area (Å²) < 4.78 is 2.21. The van der Waals surface area contributed by atoms with Crippen molar-refractivity contribution in [3.63, 3.8) is 0 Å². The van der Waals surface area contributed by atoms with Gasteiger partial charge in [0.1, 0.15) is 0 Å². The standard InChI is InChI=1S/C18H14N4OS/c1-11-6-5-9-13-15(11)19-10-14(16(13)23)17-20-21-18(24)22(17)12-7-3-2-4-8-12/h2-10H,1H3,(H,19,23)(H,21,24). The Morgan fingerprint density at radius 2 is 1.88 bits per heavy atom. The fraction of sp³-hybridized carbons (Fsp3) is 0.0556. The Morgan fingerprint density at radius 1 is 1.08 bits per heavy atom. The van der Waals surface area contributed by atoms with Crippen molar-refractivity contribution in [3.05, 3.63) is 75.3 Å². The maximum atomic E-state index is 13.0. The smallest absolute Gasteiger partial charge is 0.200 e. The number of H-pyrrole nitrogens is 2. The van der Waals surface area contributed by atoms with Crippen LogP contribution in [0.1, 0.15) is 5.56 Å². The molecule has 0 saturated carbocycles. The number of nitrogens with zero attached hydrogens (tertiary/aromatic N) is 2. The number of benzene rings is 2. The number of aromatic amines is 2. The summed E-state index contributed by atoms with van der Waals surface area (Å²) in [4.78, 5) is 16.2. The first-order valence-corrected chi connectivity index (χ1v) is 7.92. The average molecular weight is 334 g/mol. The maximum Gasteiger partial charge on any atom is 0.200 e. The molecule has 0 spiro atoms. The second-order valence-corrected chi connectivity index (χ2v) is 5.94. The van der Waals surface area contributed by atoms with Crippen LogP contribution in [0, 0.1) is 11.7 Å². The maximum absolute atomic E-state index is 13.0. The van der Waals surface area contributed by atoms with E-state index in [1.54, 1.807) is 10.8 Å². The number of pyridine rings is 1. The van der Waals surface area contributed by atoms with Crippen LogP contribution < -0.4 is 5.43 Å². The monoisotopic (exact) mass is 334 g/mol. The van der Waals surface area contributed by atoms with Crippen LogP contribution in [-0.4, -0.2) is 19.7 Å². The van der Waals surface area contributed by atoms with Crippen molar-refractivity contribution >= 4 is 23.1 Å². The third-order valence-corrected chi connectivity index (χ3v) is 4.32. The van der Waals surface area contributed by atoms with Gasteiger partial charge in [-0.1, -0.05) is 30.3 Å². The molecule has 118 valence electrons. The van der Waals surface area contributed by atoms with E-state index in [1.807, 2.05) is 55.5 Å². The highest BCUT2D eigenvalue weighted by atomic mass is 32.1. The lowest BCUT2D eigenvalue weighted by molar-refractivity contribution is 1.03. The highest BCUT2D eigenvalue weighted by molar-refractivity contribution is 7.71. The van der Waals surface area contributed by atoms with E-state index in [-0.39, 0.29) is 5.43 Å². The molecule has 0 aliphatic carbocycles. The number of para-hydroxylation sites is 2. The second kappa shape index (κ2) is 5.58. The molecular formula is C18H14N4OS. The fourth-order valence-corrected chi connectivity index (χ4v) is 3.10. The highest BCUT2D eigenvalue weighted by Gasteiger charge is 2.15. The average Bonchev–Trinajstić information content (AvgIpc) is 2.98. The van der Waals surface area contributed by atoms with Gasteiger partial charge in [0.2, 0.25) is 0 Å². The molecule has 2 aromatic carbocycles. The number of aryl methyl sites for hydroxylation is 1. The normalized spacial score (nSPS) is 11.0. The van der Waals surface area contributed by atoms with E-state index >= 15 is 0 Å². The Morgan fingerprint density at radius 3 is 2.67 bits per heavy atom. The summed E-state index contributed by atoms with van der Waals surface area (Å²) in [5.41, 5.74) is 3.13. The molecule has 0 bridgehead atoms. The summed E-state index contributed by atoms with van der Waals surface area (Å²) in [7, 11) is 0. The van der Waals surface area contributed by atoms with Gasteiger partial charge in [-0.2, -0.15) is 5.10 Å². The molecule has 4 rings (SSSR count). The molecule has 24 heavy (non-hydrogen) atoms. The molecule has 4 aromatic rings. The third-order valence-electron chi connectivity index (χ3n) is 4.05. The van der Waals surface area contributed by atoms with Crippen molar-refractivity contribution in [2.24, 2.45) is 0 Å². The minimum absolute atomic E-state index is 0.0707. The quantitative estimate of drug-likeness (QED) is 0.549. The molecule has 6 heteroatoms. The highest BCUT2D eigenvalue weighted by Crippen LogP contribution is 2.21. The summed E-state index contributed by atoms with van der Waals surface area (Å²) in [5, 5.41) is 7.70. The van der Waals surface area contributed by atoms with Gasteiger partial charge in [0, 0.05) is 17.3 Å². The molecule has 5 nitrogen and oxygen atoms in total. The molecule has 0 atom stereocenters. The molecule has 0 radical (unpaired) electrons. The van der Waals surface area contributed by atoms with Crippen LogP contribution in [0.3, 0.4) is 0 Å². The molecule has 0 amide bonds. The van der Waals surface area contributed by atoms with E-state index in [1.165, 1.54) is 0 Å². The minimum atomic E-state index is -0.0707. The topological polar surface area (TPSA) is 66.5 Å². The zero-order valence-corrected chi connectivity index (χ0v) is 13.7. The molecule has 0 aliphatic rings. The molecule has 2 aromatic heterocycles. The van der Waals surface area contributed by atoms with Crippen molar-refractivity contribution in [1.29, 1.82) is 0 Å². The Kier molecular flexibility index (Phi) is 3.39. The molecule has 0 aliphatic heterocycles. The summed E-state index contributed by atoms with van der Waals surface area (Å²) >= 11 is 5.35. The van der Waals surface area contributed by atoms with Crippen LogP contribution in [0.15, 0.2) is 59.5 Å². The summed E-state index contributed by atoms with van der Waals surface area (Å²) in [6, 6.07) is 15.3. The molecule has 0 saturated heterocycles. The van der Waals surface area contributed by atoms with Gasteiger partial charge >= 0.3 is 0 Å². The predicted molar refractivity (Wildman–Crippen MR) is 97.0 cm³/mol. The van der Waals surface area contributed by atoms with E-state index < -0.39 is 0 Å². The summed E-state index contributed by atoms with van der Waals surface area (Å²) in [5.74, 6) is 0.496. The van der Waals surface area contributed by atoms with Gasteiger partial charge in [0.25, 0.3) is 0 Å². The van der Waals surface area contributed by atoms with E-state index in [0.29, 0.717) is 21.5 Å². The number of hydrogen-bond donors (Lipinski definition) is 2. The van der Waals surface area contributed by atoms with Gasteiger partial charge in [0.15, 0.2) is 16.0 Å². The number of hydrogen-bond acceptors (Lipinski definition) is 3. The SMILES string of the molecule is Cc1cccc2c(=O)c(-c3n[nH]c(=S)n3-c3ccccc3)c[nH]c12. The van der Waals surface area contributed by atoms with E-state index in [4.69, 9.17) is 12.2 Å². The lowest BCUT2D eigenvalue weighted by atomic mass is 10.1. The lowest BCUT2D eigenvalue weighted by Crippen LogP contribution is -2.10. The zero-order valence-electron chi connectivity index (χ0n) is 12.9. The second-order valence-electron chi connectivity index (χ2n) is 5.55. The predicted octanol–water partition coefficient (Wildman–Crippen LogP) is 3.75. The van der Waals surface area contributed by atoms with Gasteiger partial charge < -0.3 is 4.98 Å². The Hall–Kier alpha value is -2.99. The first kappa shape index (κ1) is 14.6. The van der Waals surface area contributed by atoms with Gasteiger partial charge in [0.05, 0.1) is 11.1 Å². The van der Waals surface area contributed by atoms with Crippen LogP contribution in [-0.2, 0) is 0 Å². The Labute approximate surface area is 142 Å². The zero-order chi connectivity index (χ0) is 16.7. The Bertz CT molecular complexity index is 1160. The first-order valence-electron chi connectivity index (χ1n) is 7.51. The third kappa shape index (κ3) is 2.19. The molecule has 0 unspecified atom stereocenters. The van der Waals surface area contributed by atoms with Gasteiger partial charge in [-0.15, -0.1) is 0 Å². The number of rotatable bonds is 2. The van der Waals surface area contributed by atoms with Crippen molar-refractivity contribution in [3.8, 4) is 17.1 Å². The number of fused-ring (bicyclic) bond motifs is 1. The van der Waals surface area contributed by atoms with Crippen molar-refractivity contribution < 1.29 is 0 Å². The van der Waals surface area contributed by atoms with Crippen molar-refractivity contribution in [2.75, 3.05) is 0 Å². The number of nitrogens with one attached hydrogen (secondary N) is 2.